The SMILES string of the molecule is Cc1nc(-c2cccs2)cc(C2CN3CCC2CC3CNC(=S)Nc2ccc(F)cc2)n1. The Morgan fingerprint density at radius 2 is 2.09 bits per heavy atom. The number of aromatic nitrogens is 2. The third-order valence-corrected chi connectivity index (χ3v) is 7.63. The highest BCUT2D eigenvalue weighted by molar-refractivity contribution is 7.80. The standard InChI is InChI=1S/C24H26FN5S2/c1-15-27-21(12-22(28-15)23-3-2-10-32-23)20-14-30-9-8-16(20)11-19(30)13-26-24(31)29-18-6-4-17(25)5-7-18/h2-7,10,12,16,19-20H,8-9,11,13-14H2,1H3,(H2,26,29,31). The van der Waals surface area contributed by atoms with Crippen LogP contribution in [0.15, 0.2) is 47.8 Å². The lowest BCUT2D eigenvalue weighted by molar-refractivity contribution is 0.0314. The number of thiocarbonyl (C=S) groups is 1. The summed E-state index contributed by atoms with van der Waals surface area (Å²) in [7, 11) is 0. The number of nitrogens with zero attached hydrogens (tertiary/aromatic N) is 3. The Hall–Kier alpha value is -2.42. The van der Waals surface area contributed by atoms with E-state index < -0.39 is 0 Å². The van der Waals surface area contributed by atoms with E-state index in [0.29, 0.717) is 23.0 Å². The number of rotatable bonds is 5. The Kier molecular flexibility index (Phi) is 6.17. The van der Waals surface area contributed by atoms with Crippen molar-refractivity contribution in [1.29, 1.82) is 0 Å². The Morgan fingerprint density at radius 1 is 1.25 bits per heavy atom. The molecule has 3 saturated heterocycles. The van der Waals surface area contributed by atoms with E-state index in [2.05, 4.69) is 44.1 Å². The highest BCUT2D eigenvalue weighted by atomic mass is 32.1. The molecular formula is C24H26FN5S2. The Labute approximate surface area is 197 Å². The second-order valence-electron chi connectivity index (χ2n) is 8.58. The number of piperidine rings is 3. The van der Waals surface area contributed by atoms with Gasteiger partial charge in [0.15, 0.2) is 5.11 Å². The number of hydrogen-bond acceptors (Lipinski definition) is 5. The van der Waals surface area contributed by atoms with Gasteiger partial charge in [0.05, 0.1) is 10.6 Å². The lowest BCUT2D eigenvalue weighted by Crippen LogP contribution is -2.56. The van der Waals surface area contributed by atoms with E-state index >= 15 is 0 Å². The topological polar surface area (TPSA) is 53.1 Å². The van der Waals surface area contributed by atoms with Gasteiger partial charge in [-0.2, -0.15) is 0 Å². The summed E-state index contributed by atoms with van der Waals surface area (Å²) in [5, 5.41) is 9.15. The molecule has 3 aliphatic rings. The summed E-state index contributed by atoms with van der Waals surface area (Å²) in [5.41, 5.74) is 3.00. The van der Waals surface area contributed by atoms with Gasteiger partial charge in [0.2, 0.25) is 0 Å². The molecule has 0 radical (unpaired) electrons. The highest BCUT2D eigenvalue weighted by Crippen LogP contribution is 2.41. The van der Waals surface area contributed by atoms with Crippen LogP contribution in [-0.2, 0) is 0 Å². The smallest absolute Gasteiger partial charge is 0.170 e. The molecule has 2 N–H and O–H groups in total. The summed E-state index contributed by atoms with van der Waals surface area (Å²) in [6, 6.07) is 13.1. The van der Waals surface area contributed by atoms with Gasteiger partial charge in [-0.1, -0.05) is 6.07 Å². The van der Waals surface area contributed by atoms with Crippen LogP contribution >= 0.6 is 23.6 Å². The van der Waals surface area contributed by atoms with Crippen molar-refractivity contribution in [3.05, 3.63) is 65.2 Å². The summed E-state index contributed by atoms with van der Waals surface area (Å²) < 4.78 is 13.1. The van der Waals surface area contributed by atoms with E-state index in [1.807, 2.05) is 6.92 Å². The molecule has 0 saturated carbocycles. The molecule has 3 fully saturated rings. The second-order valence-corrected chi connectivity index (χ2v) is 9.94. The minimum absolute atomic E-state index is 0.253. The first kappa shape index (κ1) is 21.4. The maximum absolute atomic E-state index is 13.1. The monoisotopic (exact) mass is 467 g/mol. The first-order chi connectivity index (χ1) is 15.5. The van der Waals surface area contributed by atoms with Crippen molar-refractivity contribution in [1.82, 2.24) is 20.2 Å². The van der Waals surface area contributed by atoms with Crippen molar-refractivity contribution < 1.29 is 4.39 Å². The van der Waals surface area contributed by atoms with Crippen LogP contribution in [0.1, 0.15) is 30.3 Å². The second kappa shape index (κ2) is 9.21. The van der Waals surface area contributed by atoms with Crippen LogP contribution in [0, 0.1) is 18.7 Å². The van der Waals surface area contributed by atoms with Crippen LogP contribution in [0.3, 0.4) is 0 Å². The number of hydrogen-bond donors (Lipinski definition) is 2. The van der Waals surface area contributed by atoms with Crippen molar-refractivity contribution in [2.45, 2.75) is 31.7 Å². The van der Waals surface area contributed by atoms with Gasteiger partial charge < -0.3 is 10.6 Å². The number of anilines is 1. The molecule has 0 spiro atoms. The fourth-order valence-corrected chi connectivity index (χ4v) is 5.82. The van der Waals surface area contributed by atoms with Crippen molar-refractivity contribution in [2.24, 2.45) is 5.92 Å². The van der Waals surface area contributed by atoms with Crippen molar-refractivity contribution >= 4 is 34.4 Å². The number of thiophene rings is 1. The highest BCUT2D eigenvalue weighted by Gasteiger charge is 2.41. The maximum atomic E-state index is 13.1. The Balaban J connectivity index is 1.21. The number of halogens is 1. The van der Waals surface area contributed by atoms with Gasteiger partial charge in [-0.15, -0.1) is 11.3 Å². The van der Waals surface area contributed by atoms with Gasteiger partial charge in [-0.25, -0.2) is 14.4 Å². The molecule has 32 heavy (non-hydrogen) atoms. The molecule has 2 bridgehead atoms. The quantitative estimate of drug-likeness (QED) is 0.525. The zero-order valence-corrected chi connectivity index (χ0v) is 19.6. The molecule has 2 aromatic heterocycles. The number of nitrogens with one attached hydrogen (secondary N) is 2. The molecule has 3 aromatic rings. The molecule has 1 aromatic carbocycles. The van der Waals surface area contributed by atoms with Crippen LogP contribution in [0.4, 0.5) is 10.1 Å². The molecule has 4 unspecified atom stereocenters. The van der Waals surface area contributed by atoms with E-state index in [9.17, 15) is 4.39 Å². The van der Waals surface area contributed by atoms with E-state index in [1.54, 1.807) is 23.5 Å². The first-order valence-electron chi connectivity index (χ1n) is 11.0. The Bertz CT molecular complexity index is 1090. The van der Waals surface area contributed by atoms with Crippen LogP contribution in [0.25, 0.3) is 10.6 Å². The molecule has 3 aliphatic heterocycles. The zero-order valence-electron chi connectivity index (χ0n) is 17.9. The minimum Gasteiger partial charge on any atom is -0.361 e. The van der Waals surface area contributed by atoms with Crippen LogP contribution < -0.4 is 10.6 Å². The first-order valence-corrected chi connectivity index (χ1v) is 12.3. The summed E-state index contributed by atoms with van der Waals surface area (Å²) in [6.45, 7) is 4.94. The number of benzene rings is 1. The summed E-state index contributed by atoms with van der Waals surface area (Å²) in [5.74, 6) is 1.66. The van der Waals surface area contributed by atoms with Gasteiger partial charge >= 0.3 is 0 Å². The number of fused-ring (bicyclic) bond motifs is 3. The lowest BCUT2D eigenvalue weighted by atomic mass is 9.74. The normalized spacial score (nSPS) is 24.3. The molecular weight excluding hydrogens is 441 g/mol. The molecule has 0 amide bonds. The van der Waals surface area contributed by atoms with Gasteiger partial charge in [0.1, 0.15) is 11.6 Å². The minimum atomic E-state index is -0.253. The van der Waals surface area contributed by atoms with E-state index in [4.69, 9.17) is 17.2 Å². The maximum Gasteiger partial charge on any atom is 0.170 e. The number of aryl methyl sites for hydroxylation is 1. The molecule has 6 rings (SSSR count). The molecule has 8 heteroatoms. The van der Waals surface area contributed by atoms with Crippen molar-refractivity contribution in [2.75, 3.05) is 25.0 Å². The fraction of sp³-hybridized carbons (Fsp3) is 0.375. The fourth-order valence-electron chi connectivity index (χ4n) is 4.94. The molecule has 166 valence electrons. The average molecular weight is 468 g/mol. The van der Waals surface area contributed by atoms with Crippen molar-refractivity contribution in [3.8, 4) is 10.6 Å². The third-order valence-electron chi connectivity index (χ3n) is 6.49. The third kappa shape index (κ3) is 4.67. The largest absolute Gasteiger partial charge is 0.361 e. The predicted molar refractivity (Wildman–Crippen MR) is 132 cm³/mol. The van der Waals surface area contributed by atoms with Crippen LogP contribution in [0.5, 0.6) is 0 Å². The lowest BCUT2D eigenvalue weighted by Gasteiger charge is -2.49. The van der Waals surface area contributed by atoms with Crippen molar-refractivity contribution in [3.63, 3.8) is 0 Å². The summed E-state index contributed by atoms with van der Waals surface area (Å²) >= 11 is 7.16. The molecule has 5 heterocycles. The van der Waals surface area contributed by atoms with Crippen LogP contribution in [-0.4, -0.2) is 45.7 Å². The molecule has 4 atom stereocenters. The van der Waals surface area contributed by atoms with Gasteiger partial charge in [0.25, 0.3) is 0 Å². The summed E-state index contributed by atoms with van der Waals surface area (Å²) in [4.78, 5) is 13.3. The van der Waals surface area contributed by atoms with Crippen LogP contribution in [0.2, 0.25) is 0 Å². The van der Waals surface area contributed by atoms with E-state index in [0.717, 1.165) is 43.3 Å². The molecule has 5 nitrogen and oxygen atoms in total. The predicted octanol–water partition coefficient (Wildman–Crippen LogP) is 4.82. The summed E-state index contributed by atoms with van der Waals surface area (Å²) in [6.07, 6.45) is 2.34. The van der Waals surface area contributed by atoms with Gasteiger partial charge in [0, 0.05) is 36.4 Å². The average Bonchev–Trinajstić information content (AvgIpc) is 3.34. The van der Waals surface area contributed by atoms with Gasteiger partial charge in [-0.05, 0) is 86.2 Å². The molecule has 0 aliphatic carbocycles. The van der Waals surface area contributed by atoms with E-state index in [-0.39, 0.29) is 5.82 Å². The van der Waals surface area contributed by atoms with Gasteiger partial charge in [-0.3, -0.25) is 4.90 Å². The zero-order chi connectivity index (χ0) is 22.1. The van der Waals surface area contributed by atoms with E-state index in [1.165, 1.54) is 29.1 Å². The Morgan fingerprint density at radius 3 is 2.81 bits per heavy atom.